The summed E-state index contributed by atoms with van der Waals surface area (Å²) in [6, 6.07) is 6.96. The van der Waals surface area contributed by atoms with Crippen molar-refractivity contribution >= 4 is 11.7 Å². The third kappa shape index (κ3) is 2.76. The molecule has 0 atom stereocenters. The van der Waals surface area contributed by atoms with Crippen molar-refractivity contribution in [2.45, 2.75) is 20.4 Å². The molecule has 0 saturated heterocycles. The molecule has 21 heavy (non-hydrogen) atoms. The third-order valence-corrected chi connectivity index (χ3v) is 3.27. The molecule has 7 heteroatoms. The van der Waals surface area contributed by atoms with E-state index in [0.717, 1.165) is 0 Å². The van der Waals surface area contributed by atoms with Gasteiger partial charge in [0.1, 0.15) is 11.4 Å². The smallest absolute Gasteiger partial charge is 0.338 e. The van der Waals surface area contributed by atoms with E-state index in [4.69, 9.17) is 4.74 Å². The Hall–Kier alpha value is -2.70. The van der Waals surface area contributed by atoms with Crippen molar-refractivity contribution in [2.75, 3.05) is 7.11 Å². The highest BCUT2D eigenvalue weighted by atomic mass is 16.6. The van der Waals surface area contributed by atoms with Gasteiger partial charge >= 0.3 is 11.7 Å². The lowest BCUT2D eigenvalue weighted by Crippen LogP contribution is -2.11. The Morgan fingerprint density at radius 3 is 2.62 bits per heavy atom. The Balaban J connectivity index is 2.42. The number of aryl methyl sites for hydroxylation is 1. The fourth-order valence-corrected chi connectivity index (χ4v) is 2.23. The fourth-order valence-electron chi connectivity index (χ4n) is 2.23. The summed E-state index contributed by atoms with van der Waals surface area (Å²) in [5.41, 5.74) is 1.94. The van der Waals surface area contributed by atoms with Crippen LogP contribution in [0.4, 0.5) is 5.69 Å². The number of benzene rings is 1. The van der Waals surface area contributed by atoms with E-state index in [-0.39, 0.29) is 12.2 Å². The van der Waals surface area contributed by atoms with Crippen molar-refractivity contribution < 1.29 is 14.5 Å². The Morgan fingerprint density at radius 1 is 1.38 bits per heavy atom. The average Bonchev–Trinajstić information content (AvgIpc) is 2.73. The average molecular weight is 289 g/mol. The monoisotopic (exact) mass is 289 g/mol. The summed E-state index contributed by atoms with van der Waals surface area (Å²) in [5, 5.41) is 15.2. The summed E-state index contributed by atoms with van der Waals surface area (Å²) < 4.78 is 6.26. The van der Waals surface area contributed by atoms with Gasteiger partial charge in [-0.2, -0.15) is 5.10 Å². The van der Waals surface area contributed by atoms with Crippen LogP contribution in [0, 0.1) is 24.0 Å². The first-order valence-corrected chi connectivity index (χ1v) is 6.30. The second-order valence-electron chi connectivity index (χ2n) is 4.58. The van der Waals surface area contributed by atoms with E-state index in [9.17, 15) is 14.9 Å². The molecule has 1 aromatic heterocycles. The molecule has 2 aromatic rings. The van der Waals surface area contributed by atoms with Gasteiger partial charge in [0.05, 0.1) is 24.1 Å². The molecule has 0 amide bonds. The number of carbonyl (C=O) groups excluding carboxylic acids is 1. The number of hydrogen-bond donors (Lipinski definition) is 0. The molecule has 0 radical (unpaired) electrons. The minimum atomic E-state index is -0.444. The molecule has 1 heterocycles. The van der Waals surface area contributed by atoms with Crippen LogP contribution in [0.5, 0.6) is 0 Å². The fraction of sp³-hybridized carbons (Fsp3) is 0.286. The minimum absolute atomic E-state index is 0.00514. The highest BCUT2D eigenvalue weighted by molar-refractivity contribution is 5.90. The maximum Gasteiger partial charge on any atom is 0.338 e. The molecule has 0 aliphatic rings. The van der Waals surface area contributed by atoms with Crippen LogP contribution in [-0.2, 0) is 11.3 Å². The van der Waals surface area contributed by atoms with Gasteiger partial charge < -0.3 is 4.74 Å². The first-order valence-electron chi connectivity index (χ1n) is 6.30. The minimum Gasteiger partial charge on any atom is -0.465 e. The van der Waals surface area contributed by atoms with E-state index in [1.807, 2.05) is 0 Å². The second kappa shape index (κ2) is 5.74. The Labute approximate surface area is 121 Å². The van der Waals surface area contributed by atoms with Crippen LogP contribution in [0.2, 0.25) is 0 Å². The van der Waals surface area contributed by atoms with Gasteiger partial charge in [-0.1, -0.05) is 18.2 Å². The number of rotatable bonds is 4. The first kappa shape index (κ1) is 14.7. The highest BCUT2D eigenvalue weighted by Crippen LogP contribution is 2.23. The Bertz CT molecular complexity index is 706. The van der Waals surface area contributed by atoms with Gasteiger partial charge in [-0.05, 0) is 25.5 Å². The zero-order chi connectivity index (χ0) is 15.6. The molecule has 7 nitrogen and oxygen atoms in total. The highest BCUT2D eigenvalue weighted by Gasteiger charge is 2.22. The van der Waals surface area contributed by atoms with Crippen molar-refractivity contribution in [1.82, 2.24) is 9.78 Å². The van der Waals surface area contributed by atoms with Crippen molar-refractivity contribution in [1.29, 1.82) is 0 Å². The van der Waals surface area contributed by atoms with Crippen LogP contribution in [0.3, 0.4) is 0 Å². The van der Waals surface area contributed by atoms with E-state index in [1.165, 1.54) is 11.8 Å². The maximum atomic E-state index is 11.7. The standard InChI is InChI=1S/C14H15N3O4/c1-9-13(17(19)20)10(2)16(15-9)8-11-6-4-5-7-12(11)14(18)21-3/h4-7H,8H2,1-3H3. The largest absolute Gasteiger partial charge is 0.465 e. The van der Waals surface area contributed by atoms with Crippen molar-refractivity contribution in [3.05, 3.63) is 56.9 Å². The van der Waals surface area contributed by atoms with E-state index in [2.05, 4.69) is 5.10 Å². The summed E-state index contributed by atoms with van der Waals surface area (Å²) >= 11 is 0. The van der Waals surface area contributed by atoms with Crippen molar-refractivity contribution in [3.8, 4) is 0 Å². The molecule has 0 spiro atoms. The number of aromatic nitrogens is 2. The van der Waals surface area contributed by atoms with Gasteiger partial charge in [0.25, 0.3) is 0 Å². The number of methoxy groups -OCH3 is 1. The number of esters is 1. The van der Waals surface area contributed by atoms with Crippen LogP contribution in [0.15, 0.2) is 24.3 Å². The predicted molar refractivity (Wildman–Crippen MR) is 75.2 cm³/mol. The normalized spacial score (nSPS) is 10.4. The van der Waals surface area contributed by atoms with Crippen molar-refractivity contribution in [2.24, 2.45) is 0 Å². The summed E-state index contributed by atoms with van der Waals surface area (Å²) in [5.74, 6) is -0.443. The zero-order valence-electron chi connectivity index (χ0n) is 12.0. The molecule has 1 aromatic carbocycles. The van der Waals surface area contributed by atoms with Gasteiger partial charge in [0.2, 0.25) is 0 Å². The summed E-state index contributed by atoms with van der Waals surface area (Å²) in [6.07, 6.45) is 0. The Morgan fingerprint density at radius 2 is 2.05 bits per heavy atom. The van der Waals surface area contributed by atoms with Gasteiger partial charge in [-0.3, -0.25) is 14.8 Å². The number of hydrogen-bond acceptors (Lipinski definition) is 5. The maximum absolute atomic E-state index is 11.7. The molecule has 0 N–H and O–H groups in total. The molecule has 0 aliphatic carbocycles. The lowest BCUT2D eigenvalue weighted by Gasteiger charge is -2.08. The van der Waals surface area contributed by atoms with E-state index >= 15 is 0 Å². The number of ether oxygens (including phenoxy) is 1. The van der Waals surface area contributed by atoms with Gasteiger partial charge in [-0.25, -0.2) is 4.79 Å². The summed E-state index contributed by atoms with van der Waals surface area (Å²) in [7, 11) is 1.31. The topological polar surface area (TPSA) is 87.3 Å². The number of nitro groups is 1. The molecule has 2 rings (SSSR count). The zero-order valence-corrected chi connectivity index (χ0v) is 12.0. The molecule has 0 fully saturated rings. The summed E-state index contributed by atoms with van der Waals surface area (Å²) in [6.45, 7) is 3.50. The van der Waals surface area contributed by atoms with Crippen LogP contribution >= 0.6 is 0 Å². The molecule has 0 unspecified atom stereocenters. The molecular formula is C14H15N3O4. The Kier molecular flexibility index (Phi) is 4.02. The van der Waals surface area contributed by atoms with Gasteiger partial charge in [-0.15, -0.1) is 0 Å². The predicted octanol–water partition coefficient (Wildman–Crippen LogP) is 2.24. The summed E-state index contributed by atoms with van der Waals surface area (Å²) in [4.78, 5) is 22.3. The van der Waals surface area contributed by atoms with Crippen LogP contribution in [0.25, 0.3) is 0 Å². The quantitative estimate of drug-likeness (QED) is 0.489. The first-order chi connectivity index (χ1) is 9.95. The third-order valence-electron chi connectivity index (χ3n) is 3.27. The van der Waals surface area contributed by atoms with Crippen LogP contribution in [0.1, 0.15) is 27.3 Å². The number of nitrogens with zero attached hydrogens (tertiary/aromatic N) is 3. The van der Waals surface area contributed by atoms with E-state index in [1.54, 1.807) is 38.1 Å². The number of carbonyl (C=O) groups is 1. The second-order valence-corrected chi connectivity index (χ2v) is 4.58. The molecule has 0 aliphatic heterocycles. The SMILES string of the molecule is COC(=O)c1ccccc1Cn1nc(C)c([N+](=O)[O-])c1C. The van der Waals surface area contributed by atoms with Crippen LogP contribution in [-0.4, -0.2) is 27.8 Å². The molecule has 0 bridgehead atoms. The van der Waals surface area contributed by atoms with Gasteiger partial charge in [0, 0.05) is 0 Å². The molecule has 0 saturated carbocycles. The van der Waals surface area contributed by atoms with E-state index < -0.39 is 10.9 Å². The van der Waals surface area contributed by atoms with E-state index in [0.29, 0.717) is 22.5 Å². The lowest BCUT2D eigenvalue weighted by molar-refractivity contribution is -0.386. The van der Waals surface area contributed by atoms with Crippen molar-refractivity contribution in [3.63, 3.8) is 0 Å². The van der Waals surface area contributed by atoms with Crippen LogP contribution < -0.4 is 0 Å². The molecule has 110 valence electrons. The lowest BCUT2D eigenvalue weighted by atomic mass is 10.1. The molecular weight excluding hydrogens is 274 g/mol. The van der Waals surface area contributed by atoms with Gasteiger partial charge in [0.15, 0.2) is 0 Å².